The first-order valence-electron chi connectivity index (χ1n) is 6.80. The second-order valence-corrected chi connectivity index (χ2v) is 4.87. The number of rotatable bonds is 4. The fraction of sp³-hybridized carbons (Fsp3) is 0.400. The van der Waals surface area contributed by atoms with Crippen LogP contribution in [0.5, 0.6) is 5.88 Å². The van der Waals surface area contributed by atoms with Gasteiger partial charge in [0.05, 0.1) is 5.39 Å². The second-order valence-electron chi connectivity index (χ2n) is 4.87. The first kappa shape index (κ1) is 12.2. The monoisotopic (exact) mass is 257 g/mol. The maximum absolute atomic E-state index is 5.93. The van der Waals surface area contributed by atoms with Crippen LogP contribution in [0.3, 0.4) is 0 Å². The summed E-state index contributed by atoms with van der Waals surface area (Å²) in [4.78, 5) is 4.39. The Morgan fingerprint density at radius 3 is 3.16 bits per heavy atom. The minimum atomic E-state index is 0.457. The lowest BCUT2D eigenvalue weighted by Crippen LogP contribution is -2.28. The van der Waals surface area contributed by atoms with Gasteiger partial charge < -0.3 is 15.4 Å². The molecule has 0 aliphatic carbocycles. The van der Waals surface area contributed by atoms with Crippen molar-refractivity contribution in [2.24, 2.45) is 0 Å². The van der Waals surface area contributed by atoms with Crippen molar-refractivity contribution in [3.8, 4) is 5.88 Å². The van der Waals surface area contributed by atoms with Crippen molar-refractivity contribution in [1.82, 2.24) is 10.3 Å². The molecule has 1 aromatic carbocycles. The highest BCUT2D eigenvalue weighted by atomic mass is 16.5. The molecule has 4 nitrogen and oxygen atoms in total. The van der Waals surface area contributed by atoms with Crippen LogP contribution in [0.25, 0.3) is 10.8 Å². The maximum Gasteiger partial charge on any atom is 0.223 e. The van der Waals surface area contributed by atoms with Gasteiger partial charge in [0.2, 0.25) is 5.88 Å². The summed E-state index contributed by atoms with van der Waals surface area (Å²) in [6.45, 7) is 1.78. The zero-order chi connectivity index (χ0) is 13.1. The lowest BCUT2D eigenvalue weighted by molar-refractivity contribution is 0.271. The van der Waals surface area contributed by atoms with E-state index in [2.05, 4.69) is 21.7 Å². The van der Waals surface area contributed by atoms with E-state index in [0.717, 1.165) is 28.9 Å². The quantitative estimate of drug-likeness (QED) is 0.883. The number of anilines is 1. The molecule has 2 N–H and O–H groups in total. The Kier molecular flexibility index (Phi) is 3.51. The van der Waals surface area contributed by atoms with Gasteiger partial charge in [0.25, 0.3) is 0 Å². The second kappa shape index (κ2) is 5.45. The van der Waals surface area contributed by atoms with Gasteiger partial charge in [-0.15, -0.1) is 0 Å². The molecule has 100 valence electrons. The molecule has 1 aromatic heterocycles. The highest BCUT2D eigenvalue weighted by molar-refractivity contribution is 5.97. The third kappa shape index (κ3) is 2.49. The van der Waals surface area contributed by atoms with E-state index in [9.17, 15) is 0 Å². The predicted molar refractivity (Wildman–Crippen MR) is 77.8 cm³/mol. The van der Waals surface area contributed by atoms with Gasteiger partial charge in [-0.25, -0.2) is 4.98 Å². The highest BCUT2D eigenvalue weighted by Gasteiger charge is 2.16. The minimum absolute atomic E-state index is 0.457. The van der Waals surface area contributed by atoms with Crippen molar-refractivity contribution >= 4 is 16.5 Å². The molecule has 2 heterocycles. The molecule has 3 rings (SSSR count). The normalized spacial score (nSPS) is 18.7. The number of hydrogen-bond donors (Lipinski definition) is 2. The fourth-order valence-corrected chi connectivity index (χ4v) is 2.59. The lowest BCUT2D eigenvalue weighted by Gasteiger charge is -2.14. The zero-order valence-electron chi connectivity index (χ0n) is 11.1. The van der Waals surface area contributed by atoms with Crippen molar-refractivity contribution in [2.75, 3.05) is 25.5 Å². The summed E-state index contributed by atoms with van der Waals surface area (Å²) >= 11 is 0. The van der Waals surface area contributed by atoms with Crippen LogP contribution in [0.4, 0.5) is 5.69 Å². The molecule has 1 aliphatic heterocycles. The van der Waals surface area contributed by atoms with Crippen LogP contribution in [-0.2, 0) is 0 Å². The molecular weight excluding hydrogens is 238 g/mol. The van der Waals surface area contributed by atoms with Gasteiger partial charge in [-0.2, -0.15) is 0 Å². The van der Waals surface area contributed by atoms with Crippen molar-refractivity contribution in [3.63, 3.8) is 0 Å². The number of hydrogen-bond acceptors (Lipinski definition) is 4. The number of nitrogens with zero attached hydrogens (tertiary/aromatic N) is 1. The van der Waals surface area contributed by atoms with Crippen LogP contribution in [0.2, 0.25) is 0 Å². The largest absolute Gasteiger partial charge is 0.476 e. The van der Waals surface area contributed by atoms with Crippen LogP contribution in [-0.4, -0.2) is 31.2 Å². The summed E-state index contributed by atoms with van der Waals surface area (Å²) < 4.78 is 5.93. The van der Waals surface area contributed by atoms with Crippen molar-refractivity contribution in [3.05, 3.63) is 30.5 Å². The number of pyridine rings is 1. The summed E-state index contributed by atoms with van der Waals surface area (Å²) in [6, 6.07) is 8.63. The van der Waals surface area contributed by atoms with Gasteiger partial charge in [-0.1, -0.05) is 12.1 Å². The third-order valence-corrected chi connectivity index (χ3v) is 3.61. The topological polar surface area (TPSA) is 46.2 Å². The molecule has 1 unspecified atom stereocenters. The van der Waals surface area contributed by atoms with E-state index >= 15 is 0 Å². The standard InChI is InChI=1S/C15H19N3O/c1-16-13-6-2-4-11-7-9-18-15(14(11)13)19-10-12-5-3-8-17-12/h2,4,6-7,9,12,16-17H,3,5,8,10H2,1H3. The van der Waals surface area contributed by atoms with Crippen LogP contribution in [0.1, 0.15) is 12.8 Å². The van der Waals surface area contributed by atoms with E-state index in [1.54, 1.807) is 6.20 Å². The van der Waals surface area contributed by atoms with E-state index in [1.165, 1.54) is 12.8 Å². The smallest absolute Gasteiger partial charge is 0.223 e. The Balaban J connectivity index is 1.89. The highest BCUT2D eigenvalue weighted by Crippen LogP contribution is 2.30. The number of benzene rings is 1. The number of ether oxygens (including phenoxy) is 1. The van der Waals surface area contributed by atoms with Crippen LogP contribution >= 0.6 is 0 Å². The fourth-order valence-electron chi connectivity index (χ4n) is 2.59. The molecule has 0 saturated carbocycles. The zero-order valence-corrected chi connectivity index (χ0v) is 11.1. The van der Waals surface area contributed by atoms with Crippen LogP contribution in [0.15, 0.2) is 30.5 Å². The van der Waals surface area contributed by atoms with E-state index in [1.807, 2.05) is 25.2 Å². The first-order valence-corrected chi connectivity index (χ1v) is 6.80. The van der Waals surface area contributed by atoms with Gasteiger partial charge in [0, 0.05) is 25.0 Å². The SMILES string of the molecule is CNc1cccc2ccnc(OCC3CCCN3)c12. The van der Waals surface area contributed by atoms with Gasteiger partial charge in [-0.05, 0) is 36.9 Å². The maximum atomic E-state index is 5.93. The van der Waals surface area contributed by atoms with Gasteiger partial charge in [0.1, 0.15) is 6.61 Å². The third-order valence-electron chi connectivity index (χ3n) is 3.61. The molecule has 4 heteroatoms. The average molecular weight is 257 g/mol. The molecule has 0 amide bonds. The summed E-state index contributed by atoms with van der Waals surface area (Å²) in [6.07, 6.45) is 4.22. The summed E-state index contributed by atoms with van der Waals surface area (Å²) in [7, 11) is 1.92. The minimum Gasteiger partial charge on any atom is -0.476 e. The molecule has 1 fully saturated rings. The molecule has 0 bridgehead atoms. The Labute approximate surface area is 113 Å². The van der Waals surface area contributed by atoms with Crippen LogP contribution < -0.4 is 15.4 Å². The summed E-state index contributed by atoms with van der Waals surface area (Å²) in [5, 5.41) is 8.85. The molecule has 0 radical (unpaired) electrons. The molecule has 1 atom stereocenters. The van der Waals surface area contributed by atoms with Crippen molar-refractivity contribution in [1.29, 1.82) is 0 Å². The van der Waals surface area contributed by atoms with Gasteiger partial charge in [0.15, 0.2) is 0 Å². The summed E-state index contributed by atoms with van der Waals surface area (Å²) in [5.41, 5.74) is 1.06. The van der Waals surface area contributed by atoms with E-state index in [4.69, 9.17) is 4.74 Å². The number of aromatic nitrogens is 1. The molecule has 1 aliphatic rings. The summed E-state index contributed by atoms with van der Waals surface area (Å²) in [5.74, 6) is 0.719. The Hall–Kier alpha value is -1.81. The molecule has 19 heavy (non-hydrogen) atoms. The molecule has 1 saturated heterocycles. The molecule has 0 spiro atoms. The van der Waals surface area contributed by atoms with Crippen LogP contribution in [0, 0.1) is 0 Å². The van der Waals surface area contributed by atoms with Gasteiger partial charge >= 0.3 is 0 Å². The van der Waals surface area contributed by atoms with Crippen molar-refractivity contribution < 1.29 is 4.74 Å². The predicted octanol–water partition coefficient (Wildman–Crippen LogP) is 2.41. The first-order chi connectivity index (χ1) is 9.38. The lowest BCUT2D eigenvalue weighted by atomic mass is 10.1. The Morgan fingerprint density at radius 1 is 1.42 bits per heavy atom. The average Bonchev–Trinajstić information content (AvgIpc) is 2.97. The van der Waals surface area contributed by atoms with Gasteiger partial charge in [-0.3, -0.25) is 0 Å². The molecule has 2 aromatic rings. The number of nitrogens with one attached hydrogen (secondary N) is 2. The Morgan fingerprint density at radius 2 is 2.37 bits per heavy atom. The van der Waals surface area contributed by atoms with E-state index < -0.39 is 0 Å². The van der Waals surface area contributed by atoms with E-state index in [-0.39, 0.29) is 0 Å². The number of fused-ring (bicyclic) bond motifs is 1. The Bertz CT molecular complexity index is 559. The van der Waals surface area contributed by atoms with E-state index in [0.29, 0.717) is 12.6 Å². The molecular formula is C15H19N3O. The van der Waals surface area contributed by atoms with Crippen molar-refractivity contribution in [2.45, 2.75) is 18.9 Å².